The summed E-state index contributed by atoms with van der Waals surface area (Å²) < 4.78 is 5.38. The van der Waals surface area contributed by atoms with Crippen LogP contribution in [-0.4, -0.2) is 27.1 Å². The third-order valence-corrected chi connectivity index (χ3v) is 2.82. The Bertz CT molecular complexity index is 449. The zero-order chi connectivity index (χ0) is 11.4. The highest BCUT2D eigenvalue weighted by atomic mass is 32.1. The van der Waals surface area contributed by atoms with Crippen molar-refractivity contribution in [3.05, 3.63) is 34.9 Å². The molecule has 2 rings (SSSR count). The Kier molecular flexibility index (Phi) is 3.50. The van der Waals surface area contributed by atoms with Crippen molar-refractivity contribution in [1.82, 2.24) is 9.97 Å². The van der Waals surface area contributed by atoms with Crippen LogP contribution in [-0.2, 0) is 6.61 Å². The van der Waals surface area contributed by atoms with E-state index in [1.807, 2.05) is 0 Å². The fourth-order valence-corrected chi connectivity index (χ4v) is 1.93. The first-order valence-electron chi connectivity index (χ1n) is 4.58. The van der Waals surface area contributed by atoms with Crippen LogP contribution >= 0.6 is 11.3 Å². The molecule has 82 valence electrons. The minimum atomic E-state index is -1.43. The minimum absolute atomic E-state index is 0.356. The van der Waals surface area contributed by atoms with Crippen LogP contribution < -0.4 is 10.2 Å². The normalized spacial score (nSPS) is 10.1. The first-order chi connectivity index (χ1) is 7.75. The minimum Gasteiger partial charge on any atom is -0.472 e. The summed E-state index contributed by atoms with van der Waals surface area (Å²) in [5, 5.41) is 19.5. The maximum atomic E-state index is 8.92. The van der Waals surface area contributed by atoms with Gasteiger partial charge < -0.3 is 14.8 Å². The molecule has 7 heteroatoms. The highest BCUT2D eigenvalue weighted by Gasteiger charge is 2.13. The fourth-order valence-electron chi connectivity index (χ4n) is 1.12. The molecule has 0 aliphatic rings. The van der Waals surface area contributed by atoms with Gasteiger partial charge in [-0.15, -0.1) is 11.3 Å². The SMILES string of the molecule is OB(O)c1csc(COc2ccncn2)c1. The Morgan fingerprint density at radius 1 is 1.44 bits per heavy atom. The van der Waals surface area contributed by atoms with Crippen LogP contribution in [0.25, 0.3) is 0 Å². The molecular weight excluding hydrogens is 227 g/mol. The molecule has 5 nitrogen and oxygen atoms in total. The van der Waals surface area contributed by atoms with Crippen LogP contribution in [0.5, 0.6) is 5.88 Å². The number of hydrogen-bond donors (Lipinski definition) is 2. The summed E-state index contributed by atoms with van der Waals surface area (Å²) in [6.07, 6.45) is 3.01. The van der Waals surface area contributed by atoms with Crippen molar-refractivity contribution in [2.24, 2.45) is 0 Å². The van der Waals surface area contributed by atoms with E-state index in [0.717, 1.165) is 4.88 Å². The van der Waals surface area contributed by atoms with Gasteiger partial charge in [-0.3, -0.25) is 0 Å². The van der Waals surface area contributed by atoms with Crippen LogP contribution in [0.2, 0.25) is 0 Å². The van der Waals surface area contributed by atoms with Crippen LogP contribution in [0.4, 0.5) is 0 Å². The molecule has 0 fully saturated rings. The maximum absolute atomic E-state index is 8.92. The predicted octanol–water partition coefficient (Wildman–Crippen LogP) is -0.203. The van der Waals surface area contributed by atoms with Gasteiger partial charge in [0.15, 0.2) is 0 Å². The van der Waals surface area contributed by atoms with E-state index in [9.17, 15) is 0 Å². The van der Waals surface area contributed by atoms with Crippen LogP contribution in [0.15, 0.2) is 30.0 Å². The van der Waals surface area contributed by atoms with E-state index in [0.29, 0.717) is 17.9 Å². The quantitative estimate of drug-likeness (QED) is 0.719. The summed E-state index contributed by atoms with van der Waals surface area (Å²) in [5.74, 6) is 0.495. The molecule has 0 atom stereocenters. The van der Waals surface area contributed by atoms with Crippen molar-refractivity contribution in [3.8, 4) is 5.88 Å². The Morgan fingerprint density at radius 3 is 2.94 bits per heavy atom. The summed E-state index contributed by atoms with van der Waals surface area (Å²) in [4.78, 5) is 8.59. The molecule has 2 heterocycles. The van der Waals surface area contributed by atoms with Gasteiger partial charge in [-0.05, 0) is 16.9 Å². The third-order valence-electron chi connectivity index (χ3n) is 1.89. The van der Waals surface area contributed by atoms with E-state index >= 15 is 0 Å². The monoisotopic (exact) mass is 236 g/mol. The zero-order valence-electron chi connectivity index (χ0n) is 8.28. The van der Waals surface area contributed by atoms with Gasteiger partial charge in [-0.25, -0.2) is 9.97 Å². The lowest BCUT2D eigenvalue weighted by atomic mass is 9.83. The topological polar surface area (TPSA) is 75.5 Å². The van der Waals surface area contributed by atoms with Crippen molar-refractivity contribution < 1.29 is 14.8 Å². The number of nitrogens with zero attached hydrogens (tertiary/aromatic N) is 2. The summed E-state index contributed by atoms with van der Waals surface area (Å²) in [7, 11) is -1.43. The van der Waals surface area contributed by atoms with E-state index in [1.165, 1.54) is 17.7 Å². The highest BCUT2D eigenvalue weighted by molar-refractivity contribution is 7.11. The Morgan fingerprint density at radius 2 is 2.31 bits per heavy atom. The van der Waals surface area contributed by atoms with Gasteiger partial charge in [-0.2, -0.15) is 0 Å². The van der Waals surface area contributed by atoms with Crippen molar-refractivity contribution in [2.45, 2.75) is 6.61 Å². The first-order valence-corrected chi connectivity index (χ1v) is 5.46. The average Bonchev–Trinajstić information content (AvgIpc) is 2.76. The van der Waals surface area contributed by atoms with Crippen molar-refractivity contribution in [3.63, 3.8) is 0 Å². The van der Waals surface area contributed by atoms with E-state index in [1.54, 1.807) is 23.7 Å². The van der Waals surface area contributed by atoms with Crippen LogP contribution in [0.3, 0.4) is 0 Å². The summed E-state index contributed by atoms with van der Waals surface area (Å²) in [6, 6.07) is 3.35. The number of aromatic nitrogens is 2. The molecule has 0 saturated carbocycles. The molecule has 0 bridgehead atoms. The molecule has 0 spiro atoms. The molecule has 2 N–H and O–H groups in total. The summed E-state index contributed by atoms with van der Waals surface area (Å²) in [6.45, 7) is 0.356. The van der Waals surface area contributed by atoms with Gasteiger partial charge in [-0.1, -0.05) is 0 Å². The number of ether oxygens (including phenoxy) is 1. The molecule has 0 unspecified atom stereocenters. The van der Waals surface area contributed by atoms with Gasteiger partial charge in [0.25, 0.3) is 0 Å². The lowest BCUT2D eigenvalue weighted by molar-refractivity contribution is 0.296. The number of thiophene rings is 1. The molecule has 0 aromatic carbocycles. The molecule has 2 aromatic rings. The molecule has 0 saturated heterocycles. The van der Waals surface area contributed by atoms with Crippen molar-refractivity contribution in [1.29, 1.82) is 0 Å². The van der Waals surface area contributed by atoms with Gasteiger partial charge >= 0.3 is 7.12 Å². The van der Waals surface area contributed by atoms with Crippen molar-refractivity contribution >= 4 is 23.9 Å². The highest BCUT2D eigenvalue weighted by Crippen LogP contribution is 2.11. The smallest absolute Gasteiger partial charge is 0.472 e. The predicted molar refractivity (Wildman–Crippen MR) is 60.5 cm³/mol. The standard InChI is InChI=1S/C9H9BN2O3S/c13-10(14)7-3-8(16-5-7)4-15-9-1-2-11-6-12-9/h1-3,5-6,13-14H,4H2. The molecule has 16 heavy (non-hydrogen) atoms. The average molecular weight is 236 g/mol. The second kappa shape index (κ2) is 5.06. The number of hydrogen-bond acceptors (Lipinski definition) is 6. The number of rotatable bonds is 4. The Balaban J connectivity index is 1.95. The lowest BCUT2D eigenvalue weighted by Gasteiger charge is -2.01. The van der Waals surface area contributed by atoms with E-state index in [2.05, 4.69) is 9.97 Å². The molecule has 0 radical (unpaired) electrons. The van der Waals surface area contributed by atoms with E-state index < -0.39 is 7.12 Å². The zero-order valence-corrected chi connectivity index (χ0v) is 9.09. The molecule has 0 aliphatic carbocycles. The van der Waals surface area contributed by atoms with E-state index in [4.69, 9.17) is 14.8 Å². The molecule has 0 aliphatic heterocycles. The second-order valence-corrected chi connectivity index (χ2v) is 4.05. The van der Waals surface area contributed by atoms with Gasteiger partial charge in [0, 0.05) is 17.1 Å². The molecule has 0 amide bonds. The summed E-state index contributed by atoms with van der Waals surface area (Å²) in [5.41, 5.74) is 0.478. The third kappa shape index (κ3) is 2.78. The maximum Gasteiger partial charge on any atom is 0.489 e. The van der Waals surface area contributed by atoms with Gasteiger partial charge in [0.1, 0.15) is 12.9 Å². The van der Waals surface area contributed by atoms with E-state index in [-0.39, 0.29) is 0 Å². The largest absolute Gasteiger partial charge is 0.489 e. The van der Waals surface area contributed by atoms with Gasteiger partial charge in [0.2, 0.25) is 5.88 Å². The summed E-state index contributed by atoms with van der Waals surface area (Å²) >= 11 is 1.41. The fraction of sp³-hybridized carbons (Fsp3) is 0.111. The van der Waals surface area contributed by atoms with Crippen LogP contribution in [0, 0.1) is 0 Å². The van der Waals surface area contributed by atoms with Gasteiger partial charge in [0.05, 0.1) is 0 Å². The first kappa shape index (κ1) is 11.1. The Hall–Kier alpha value is -1.44. The molecule has 2 aromatic heterocycles. The molecular formula is C9H9BN2O3S. The van der Waals surface area contributed by atoms with Crippen LogP contribution in [0.1, 0.15) is 4.88 Å². The Labute approximate surface area is 96.5 Å². The lowest BCUT2D eigenvalue weighted by Crippen LogP contribution is -2.27. The second-order valence-electron chi connectivity index (χ2n) is 3.06. The van der Waals surface area contributed by atoms with Crippen molar-refractivity contribution in [2.75, 3.05) is 0 Å².